The topological polar surface area (TPSA) is 28.2 Å². The maximum atomic E-state index is 4.43. The van der Waals surface area contributed by atoms with Crippen molar-refractivity contribution < 1.29 is 0 Å². The van der Waals surface area contributed by atoms with E-state index in [1.54, 1.807) is 0 Å². The van der Waals surface area contributed by atoms with Crippen LogP contribution in [0.4, 0.5) is 0 Å². The molecule has 1 saturated heterocycles. The Morgan fingerprint density at radius 2 is 2.35 bits per heavy atom. The number of nitrogens with one attached hydrogen (secondary N) is 1. The van der Waals surface area contributed by atoms with Gasteiger partial charge in [-0.15, -0.1) is 0 Å². The normalized spacial score (nSPS) is 22.6. The number of aromatic nitrogens is 1. The average molecular weight is 233 g/mol. The van der Waals surface area contributed by atoms with Crippen LogP contribution in [0, 0.1) is 0 Å². The quantitative estimate of drug-likeness (QED) is 0.864. The highest BCUT2D eigenvalue weighted by Crippen LogP contribution is 2.17. The molecule has 1 aromatic heterocycles. The van der Waals surface area contributed by atoms with E-state index in [2.05, 4.69) is 41.3 Å². The summed E-state index contributed by atoms with van der Waals surface area (Å²) in [7, 11) is 2.19. The van der Waals surface area contributed by atoms with Crippen molar-refractivity contribution in [2.75, 3.05) is 20.1 Å². The highest BCUT2D eigenvalue weighted by molar-refractivity contribution is 5.07. The lowest BCUT2D eigenvalue weighted by molar-refractivity contribution is 0.212. The Bertz CT molecular complexity index is 319. The first-order valence-electron chi connectivity index (χ1n) is 6.62. The summed E-state index contributed by atoms with van der Waals surface area (Å²) < 4.78 is 0. The van der Waals surface area contributed by atoms with Crippen LogP contribution in [0.1, 0.15) is 37.9 Å². The molecule has 0 amide bonds. The summed E-state index contributed by atoms with van der Waals surface area (Å²) >= 11 is 0. The minimum Gasteiger partial charge on any atom is -0.313 e. The van der Waals surface area contributed by atoms with Crippen molar-refractivity contribution in [3.05, 3.63) is 30.1 Å². The van der Waals surface area contributed by atoms with Gasteiger partial charge in [-0.1, -0.05) is 12.5 Å². The Labute approximate surface area is 104 Å². The lowest BCUT2D eigenvalue weighted by Gasteiger charge is -2.31. The predicted octanol–water partition coefficient (Wildman–Crippen LogP) is 2.22. The molecule has 3 heteroatoms. The standard InChI is InChI=1S/C14H23N3/c1-12(14-8-4-6-10-16-14)17(2)11-13-7-3-5-9-15-13/h4,6,8,10,12-13,15H,3,5,7,9,11H2,1-2H3/t12-,13-/m0/s1. The number of hydrogen-bond acceptors (Lipinski definition) is 3. The van der Waals surface area contributed by atoms with E-state index in [1.165, 1.54) is 25.8 Å². The fourth-order valence-electron chi connectivity index (χ4n) is 2.43. The van der Waals surface area contributed by atoms with Crippen LogP contribution in [0.5, 0.6) is 0 Å². The molecule has 2 atom stereocenters. The molecule has 0 aromatic carbocycles. The van der Waals surface area contributed by atoms with Crippen molar-refractivity contribution >= 4 is 0 Å². The van der Waals surface area contributed by atoms with Gasteiger partial charge in [0.2, 0.25) is 0 Å². The molecule has 0 radical (unpaired) electrons. The first-order chi connectivity index (χ1) is 8.27. The molecular formula is C14H23N3. The third-order valence-corrected chi connectivity index (χ3v) is 3.70. The molecule has 1 aliphatic rings. The van der Waals surface area contributed by atoms with E-state index < -0.39 is 0 Å². The Hall–Kier alpha value is -0.930. The molecule has 2 rings (SSSR count). The Morgan fingerprint density at radius 3 is 3.00 bits per heavy atom. The summed E-state index contributed by atoms with van der Waals surface area (Å²) in [6.45, 7) is 4.51. The molecular weight excluding hydrogens is 210 g/mol. The average Bonchev–Trinajstić information content (AvgIpc) is 2.40. The summed E-state index contributed by atoms with van der Waals surface area (Å²) in [5.74, 6) is 0. The minimum atomic E-state index is 0.389. The van der Waals surface area contributed by atoms with E-state index >= 15 is 0 Å². The van der Waals surface area contributed by atoms with E-state index in [1.807, 2.05) is 12.3 Å². The monoisotopic (exact) mass is 233 g/mol. The van der Waals surface area contributed by atoms with Crippen LogP contribution in [-0.2, 0) is 0 Å². The van der Waals surface area contributed by atoms with Gasteiger partial charge in [-0.05, 0) is 45.5 Å². The molecule has 0 saturated carbocycles. The summed E-state index contributed by atoms with van der Waals surface area (Å²) in [5, 5.41) is 3.59. The van der Waals surface area contributed by atoms with E-state index in [9.17, 15) is 0 Å². The van der Waals surface area contributed by atoms with Crippen LogP contribution < -0.4 is 5.32 Å². The van der Waals surface area contributed by atoms with Gasteiger partial charge in [-0.3, -0.25) is 9.88 Å². The summed E-state index contributed by atoms with van der Waals surface area (Å²) in [5.41, 5.74) is 1.16. The molecule has 2 heterocycles. The van der Waals surface area contributed by atoms with Gasteiger partial charge in [0.15, 0.2) is 0 Å². The highest BCUT2D eigenvalue weighted by Gasteiger charge is 2.18. The molecule has 94 valence electrons. The Kier molecular flexibility index (Phi) is 4.51. The van der Waals surface area contributed by atoms with E-state index in [0.29, 0.717) is 12.1 Å². The van der Waals surface area contributed by atoms with Crippen LogP contribution in [0.3, 0.4) is 0 Å². The molecule has 1 aliphatic heterocycles. The molecule has 0 unspecified atom stereocenters. The van der Waals surface area contributed by atoms with Crippen LogP contribution in [0.15, 0.2) is 24.4 Å². The lowest BCUT2D eigenvalue weighted by atomic mass is 10.0. The van der Waals surface area contributed by atoms with Crippen molar-refractivity contribution in [3.8, 4) is 0 Å². The third kappa shape index (κ3) is 3.51. The largest absolute Gasteiger partial charge is 0.313 e. The van der Waals surface area contributed by atoms with Crippen molar-refractivity contribution in [2.24, 2.45) is 0 Å². The van der Waals surface area contributed by atoms with Crippen LogP contribution in [0.2, 0.25) is 0 Å². The number of likely N-dealkylation sites (N-methyl/N-ethyl adjacent to an activating group) is 1. The van der Waals surface area contributed by atoms with Crippen LogP contribution in [-0.4, -0.2) is 36.1 Å². The zero-order chi connectivity index (χ0) is 12.1. The van der Waals surface area contributed by atoms with Gasteiger partial charge in [-0.2, -0.15) is 0 Å². The van der Waals surface area contributed by atoms with Crippen molar-refractivity contribution in [3.63, 3.8) is 0 Å². The van der Waals surface area contributed by atoms with Gasteiger partial charge < -0.3 is 5.32 Å². The molecule has 0 spiro atoms. The van der Waals surface area contributed by atoms with Crippen LogP contribution >= 0.6 is 0 Å². The van der Waals surface area contributed by atoms with Gasteiger partial charge in [-0.25, -0.2) is 0 Å². The smallest absolute Gasteiger partial charge is 0.0572 e. The van der Waals surface area contributed by atoms with Crippen LogP contribution in [0.25, 0.3) is 0 Å². The first-order valence-corrected chi connectivity index (χ1v) is 6.62. The van der Waals surface area contributed by atoms with Crippen molar-refractivity contribution in [1.82, 2.24) is 15.2 Å². The molecule has 17 heavy (non-hydrogen) atoms. The number of pyridine rings is 1. The Balaban J connectivity index is 1.88. The molecule has 1 aromatic rings. The zero-order valence-corrected chi connectivity index (χ0v) is 10.9. The fraction of sp³-hybridized carbons (Fsp3) is 0.643. The van der Waals surface area contributed by atoms with Gasteiger partial charge in [0.25, 0.3) is 0 Å². The van der Waals surface area contributed by atoms with Gasteiger partial charge in [0.05, 0.1) is 5.69 Å². The second kappa shape index (κ2) is 6.12. The molecule has 3 nitrogen and oxygen atoms in total. The second-order valence-corrected chi connectivity index (χ2v) is 5.02. The maximum absolute atomic E-state index is 4.43. The van der Waals surface area contributed by atoms with Gasteiger partial charge in [0, 0.05) is 24.8 Å². The summed E-state index contributed by atoms with van der Waals surface area (Å²) in [6, 6.07) is 7.18. The van der Waals surface area contributed by atoms with E-state index in [0.717, 1.165) is 12.2 Å². The van der Waals surface area contributed by atoms with Crippen molar-refractivity contribution in [2.45, 2.75) is 38.3 Å². The van der Waals surface area contributed by atoms with E-state index in [4.69, 9.17) is 0 Å². The highest BCUT2D eigenvalue weighted by atomic mass is 15.2. The molecule has 1 fully saturated rings. The molecule has 0 aliphatic carbocycles. The molecule has 0 bridgehead atoms. The number of nitrogens with zero attached hydrogens (tertiary/aromatic N) is 2. The SMILES string of the molecule is C[C@@H](c1ccccn1)N(C)C[C@@H]1CCCCN1. The van der Waals surface area contributed by atoms with Crippen molar-refractivity contribution in [1.29, 1.82) is 0 Å². The lowest BCUT2D eigenvalue weighted by Crippen LogP contribution is -2.43. The maximum Gasteiger partial charge on any atom is 0.0572 e. The first kappa shape index (κ1) is 12.5. The van der Waals surface area contributed by atoms with Gasteiger partial charge >= 0.3 is 0 Å². The Morgan fingerprint density at radius 1 is 1.47 bits per heavy atom. The zero-order valence-electron chi connectivity index (χ0n) is 10.9. The number of hydrogen-bond donors (Lipinski definition) is 1. The summed E-state index contributed by atoms with van der Waals surface area (Å²) in [4.78, 5) is 6.82. The van der Waals surface area contributed by atoms with Gasteiger partial charge in [0.1, 0.15) is 0 Å². The van der Waals surface area contributed by atoms with E-state index in [-0.39, 0.29) is 0 Å². The minimum absolute atomic E-state index is 0.389. The summed E-state index contributed by atoms with van der Waals surface area (Å²) in [6.07, 6.45) is 5.87. The fourth-order valence-corrected chi connectivity index (χ4v) is 2.43. The second-order valence-electron chi connectivity index (χ2n) is 5.02. The number of rotatable bonds is 4. The number of piperidine rings is 1. The molecule has 1 N–H and O–H groups in total. The predicted molar refractivity (Wildman–Crippen MR) is 70.9 cm³/mol. The third-order valence-electron chi connectivity index (χ3n) is 3.70.